The van der Waals surface area contributed by atoms with Gasteiger partial charge in [0.25, 0.3) is 6.43 Å². The van der Waals surface area contributed by atoms with Crippen molar-refractivity contribution in [2.24, 2.45) is 0 Å². The predicted octanol–water partition coefficient (Wildman–Crippen LogP) is 5.38. The molecule has 0 aliphatic carbocycles. The Kier molecular flexibility index (Phi) is 6.76. The van der Waals surface area contributed by atoms with E-state index in [1.165, 1.54) is 35.3 Å². The Morgan fingerprint density at radius 1 is 1.20 bits per heavy atom. The van der Waals surface area contributed by atoms with Crippen LogP contribution in [0.15, 0.2) is 36.7 Å². The van der Waals surface area contributed by atoms with E-state index in [1.807, 2.05) is 6.92 Å². The molecule has 0 spiro atoms. The van der Waals surface area contributed by atoms with Crippen LogP contribution in [0.2, 0.25) is 0 Å². The highest BCUT2D eigenvalue weighted by Crippen LogP contribution is 2.39. The lowest BCUT2D eigenvalue weighted by Crippen LogP contribution is -2.53. The first-order valence-electron chi connectivity index (χ1n) is 11.3. The molecule has 1 fully saturated rings. The zero-order valence-electron chi connectivity index (χ0n) is 19.5. The fourth-order valence-corrected chi connectivity index (χ4v) is 4.72. The summed E-state index contributed by atoms with van der Waals surface area (Å²) in [4.78, 5) is 3.74. The average molecular weight is 498 g/mol. The largest absolute Gasteiger partial charge is 0.492 e. The predicted molar refractivity (Wildman–Crippen MR) is 119 cm³/mol. The van der Waals surface area contributed by atoms with Crippen LogP contribution >= 0.6 is 0 Å². The fourth-order valence-electron chi connectivity index (χ4n) is 4.72. The van der Waals surface area contributed by atoms with E-state index in [-0.39, 0.29) is 42.1 Å². The zero-order chi connectivity index (χ0) is 25.5. The number of fused-ring (bicyclic) bond motifs is 1. The number of piperidine rings is 1. The first-order chi connectivity index (χ1) is 16.4. The molecule has 0 amide bonds. The number of hydrogen-bond acceptors (Lipinski definition) is 5. The van der Waals surface area contributed by atoms with Crippen molar-refractivity contribution in [3.8, 4) is 5.75 Å². The normalized spacial score (nSPS) is 23.4. The lowest BCUT2D eigenvalue weighted by Gasteiger charge is -2.41. The second-order valence-corrected chi connectivity index (χ2v) is 9.38. The maximum Gasteiger partial charge on any atom is 0.418 e. The van der Waals surface area contributed by atoms with Gasteiger partial charge in [0.05, 0.1) is 22.9 Å². The standard InChI is InChI=1S/C24H27F5N4O2/c1-13(2)33-21-15(10-31-33)6-18(7-19(21)24(27,28)29)35-12-17-9-23(34,8-14(3)32-17)16-4-5-20(22(25)26)30-11-16/h4-7,10-11,13-14,17,22,32,34H,8-9,12H2,1-3H3/t14-,17-,23-/m0/s1. The van der Waals surface area contributed by atoms with Gasteiger partial charge in [-0.1, -0.05) is 6.07 Å². The molecule has 1 aliphatic rings. The van der Waals surface area contributed by atoms with Crippen LogP contribution in [0.25, 0.3) is 10.9 Å². The first-order valence-corrected chi connectivity index (χ1v) is 11.3. The third kappa shape index (κ3) is 5.25. The third-order valence-electron chi connectivity index (χ3n) is 6.20. The second kappa shape index (κ2) is 9.34. The Morgan fingerprint density at radius 3 is 2.54 bits per heavy atom. The molecule has 0 unspecified atom stereocenters. The van der Waals surface area contributed by atoms with Crippen molar-refractivity contribution in [1.82, 2.24) is 20.1 Å². The van der Waals surface area contributed by atoms with Gasteiger partial charge < -0.3 is 15.2 Å². The lowest BCUT2D eigenvalue weighted by molar-refractivity contribution is -0.136. The number of nitrogens with zero attached hydrogens (tertiary/aromatic N) is 3. The van der Waals surface area contributed by atoms with Crippen LogP contribution in [-0.4, -0.2) is 38.6 Å². The van der Waals surface area contributed by atoms with E-state index in [9.17, 15) is 27.1 Å². The van der Waals surface area contributed by atoms with Crippen molar-refractivity contribution < 1.29 is 31.8 Å². The minimum atomic E-state index is -4.60. The smallest absolute Gasteiger partial charge is 0.418 e. The summed E-state index contributed by atoms with van der Waals surface area (Å²) in [5.41, 5.74) is -2.15. The number of rotatable bonds is 6. The number of pyridine rings is 1. The van der Waals surface area contributed by atoms with Crippen LogP contribution < -0.4 is 10.1 Å². The molecule has 190 valence electrons. The number of halogens is 5. The van der Waals surface area contributed by atoms with E-state index in [0.717, 1.165) is 6.07 Å². The molecule has 3 atom stereocenters. The minimum Gasteiger partial charge on any atom is -0.492 e. The van der Waals surface area contributed by atoms with E-state index < -0.39 is 29.8 Å². The topological polar surface area (TPSA) is 72.2 Å². The van der Waals surface area contributed by atoms with Gasteiger partial charge in [-0.15, -0.1) is 0 Å². The molecule has 1 saturated heterocycles. The van der Waals surface area contributed by atoms with Crippen LogP contribution in [0.1, 0.15) is 62.9 Å². The molecule has 1 aliphatic heterocycles. The van der Waals surface area contributed by atoms with Gasteiger partial charge in [0.15, 0.2) is 0 Å². The van der Waals surface area contributed by atoms with Crippen molar-refractivity contribution in [3.05, 3.63) is 53.5 Å². The summed E-state index contributed by atoms with van der Waals surface area (Å²) in [5.74, 6) is 0.0413. The van der Waals surface area contributed by atoms with E-state index in [4.69, 9.17) is 4.74 Å². The maximum atomic E-state index is 13.8. The lowest BCUT2D eigenvalue weighted by atomic mass is 9.79. The molecule has 11 heteroatoms. The summed E-state index contributed by atoms with van der Waals surface area (Å²) >= 11 is 0. The number of aliphatic hydroxyl groups is 1. The highest BCUT2D eigenvalue weighted by Gasteiger charge is 2.40. The molecular weight excluding hydrogens is 471 g/mol. The zero-order valence-corrected chi connectivity index (χ0v) is 19.5. The van der Waals surface area contributed by atoms with E-state index in [0.29, 0.717) is 17.4 Å². The summed E-state index contributed by atoms with van der Waals surface area (Å²) < 4.78 is 74.3. The molecule has 2 aromatic heterocycles. The summed E-state index contributed by atoms with van der Waals surface area (Å²) in [6, 6.07) is 4.28. The monoisotopic (exact) mass is 498 g/mol. The van der Waals surface area contributed by atoms with Gasteiger partial charge in [0.1, 0.15) is 18.1 Å². The highest BCUT2D eigenvalue weighted by molar-refractivity contribution is 5.84. The second-order valence-electron chi connectivity index (χ2n) is 9.38. The minimum absolute atomic E-state index is 0.00150. The van der Waals surface area contributed by atoms with Crippen LogP contribution in [0.5, 0.6) is 5.75 Å². The van der Waals surface area contributed by atoms with E-state index in [2.05, 4.69) is 15.4 Å². The molecule has 35 heavy (non-hydrogen) atoms. The Morgan fingerprint density at radius 2 is 1.94 bits per heavy atom. The molecule has 0 radical (unpaired) electrons. The van der Waals surface area contributed by atoms with Gasteiger partial charge in [-0.25, -0.2) is 8.78 Å². The summed E-state index contributed by atoms with van der Waals surface area (Å²) in [6.45, 7) is 5.36. The Labute approximate surface area is 199 Å². The Bertz CT molecular complexity index is 1180. The molecular formula is C24H27F5N4O2. The highest BCUT2D eigenvalue weighted by atomic mass is 19.4. The molecule has 3 aromatic rings. The van der Waals surface area contributed by atoms with Crippen LogP contribution in [-0.2, 0) is 11.8 Å². The van der Waals surface area contributed by atoms with Crippen LogP contribution in [0.4, 0.5) is 22.0 Å². The van der Waals surface area contributed by atoms with Gasteiger partial charge in [-0.05, 0) is 51.8 Å². The van der Waals surface area contributed by atoms with Crippen molar-refractivity contribution in [3.63, 3.8) is 0 Å². The van der Waals surface area contributed by atoms with E-state index in [1.54, 1.807) is 13.8 Å². The molecule has 0 saturated carbocycles. The molecule has 3 heterocycles. The summed E-state index contributed by atoms with van der Waals surface area (Å²) in [5, 5.41) is 19.0. The third-order valence-corrected chi connectivity index (χ3v) is 6.20. The molecule has 2 N–H and O–H groups in total. The van der Waals surface area contributed by atoms with E-state index >= 15 is 0 Å². The van der Waals surface area contributed by atoms with Gasteiger partial charge in [0.2, 0.25) is 0 Å². The Balaban J connectivity index is 1.55. The fraction of sp³-hybridized carbons (Fsp3) is 0.500. The first kappa shape index (κ1) is 25.3. The van der Waals surface area contributed by atoms with Gasteiger partial charge in [0, 0.05) is 35.3 Å². The number of aromatic nitrogens is 3. The number of nitrogens with one attached hydrogen (secondary N) is 1. The summed E-state index contributed by atoms with van der Waals surface area (Å²) in [6.07, 6.45) is -4.19. The number of alkyl halides is 5. The molecule has 6 nitrogen and oxygen atoms in total. The molecule has 0 bridgehead atoms. The van der Waals surface area contributed by atoms with Crippen molar-refractivity contribution in [1.29, 1.82) is 0 Å². The maximum absolute atomic E-state index is 13.8. The van der Waals surface area contributed by atoms with Crippen molar-refractivity contribution in [2.45, 2.75) is 69.9 Å². The number of benzene rings is 1. The SMILES string of the molecule is CC(C)n1ncc2cc(OC[C@@H]3C[C@](O)(c4ccc(C(F)F)nc4)C[C@H](C)N3)cc(C(F)(F)F)c21. The Hall–Kier alpha value is -2.79. The van der Waals surface area contributed by atoms with Gasteiger partial charge in [-0.3, -0.25) is 9.67 Å². The molecule has 4 rings (SSSR count). The van der Waals surface area contributed by atoms with Crippen molar-refractivity contribution in [2.75, 3.05) is 6.61 Å². The van der Waals surface area contributed by atoms with Crippen LogP contribution in [0, 0.1) is 0 Å². The van der Waals surface area contributed by atoms with Crippen LogP contribution in [0.3, 0.4) is 0 Å². The average Bonchev–Trinajstić information content (AvgIpc) is 3.20. The van der Waals surface area contributed by atoms with Crippen molar-refractivity contribution >= 4 is 10.9 Å². The number of hydrogen-bond donors (Lipinski definition) is 2. The quantitative estimate of drug-likeness (QED) is 0.447. The summed E-state index contributed by atoms with van der Waals surface area (Å²) in [7, 11) is 0. The number of ether oxygens (including phenoxy) is 1. The van der Waals surface area contributed by atoms with Gasteiger partial charge >= 0.3 is 6.18 Å². The molecule has 1 aromatic carbocycles. The van der Waals surface area contributed by atoms with Gasteiger partial charge in [-0.2, -0.15) is 18.3 Å².